The zero-order chi connectivity index (χ0) is 14.5. The third-order valence-electron chi connectivity index (χ3n) is 2.64. The van der Waals surface area contributed by atoms with Crippen LogP contribution in [0.15, 0.2) is 47.4 Å². The Bertz CT molecular complexity index is 628. The largest absolute Gasteiger partial charge is 0.298 e. The molecule has 0 heterocycles. The van der Waals surface area contributed by atoms with E-state index in [0.29, 0.717) is 4.90 Å². The van der Waals surface area contributed by atoms with Crippen LogP contribution in [0.25, 0.3) is 0 Å². The highest BCUT2D eigenvalue weighted by molar-refractivity contribution is 8.00. The van der Waals surface area contributed by atoms with Gasteiger partial charge in [0, 0.05) is 11.3 Å². The number of hydrogen-bond donors (Lipinski definition) is 0. The molecule has 0 radical (unpaired) electrons. The van der Waals surface area contributed by atoms with Gasteiger partial charge in [-0.1, -0.05) is 24.3 Å². The lowest BCUT2D eigenvalue weighted by atomic mass is 10.1. The van der Waals surface area contributed by atoms with Gasteiger partial charge in [0.2, 0.25) is 0 Å². The summed E-state index contributed by atoms with van der Waals surface area (Å²) in [5.74, 6) is -2.66. The van der Waals surface area contributed by atoms with E-state index in [9.17, 15) is 18.0 Å². The molecule has 0 aromatic heterocycles. The second-order valence-electron chi connectivity index (χ2n) is 4.15. The summed E-state index contributed by atoms with van der Waals surface area (Å²) < 4.78 is 39.7. The van der Waals surface area contributed by atoms with Gasteiger partial charge < -0.3 is 0 Å². The smallest absolute Gasteiger partial charge is 0.162 e. The Kier molecular flexibility index (Phi) is 4.84. The van der Waals surface area contributed by atoms with E-state index >= 15 is 0 Å². The van der Waals surface area contributed by atoms with Crippen molar-refractivity contribution in [3.63, 3.8) is 0 Å². The van der Waals surface area contributed by atoms with Crippen molar-refractivity contribution in [1.29, 1.82) is 0 Å². The van der Waals surface area contributed by atoms with Crippen molar-refractivity contribution in [1.82, 2.24) is 0 Å². The molecular formula is C15H11F3OS. The first-order valence-electron chi connectivity index (χ1n) is 5.90. The summed E-state index contributed by atoms with van der Waals surface area (Å²) in [6, 6.07) is 9.81. The first-order valence-corrected chi connectivity index (χ1v) is 6.88. The summed E-state index contributed by atoms with van der Waals surface area (Å²) in [5.41, 5.74) is 0.0177. The van der Waals surface area contributed by atoms with Crippen molar-refractivity contribution in [2.45, 2.75) is 11.3 Å². The van der Waals surface area contributed by atoms with Crippen molar-refractivity contribution >= 4 is 17.5 Å². The van der Waals surface area contributed by atoms with E-state index in [2.05, 4.69) is 0 Å². The normalized spacial score (nSPS) is 10.6. The maximum Gasteiger partial charge on any atom is 0.162 e. The number of Topliss-reactive ketones (excluding diaryl/α,β-unsaturated/α-hetero) is 1. The third kappa shape index (κ3) is 3.63. The molecule has 0 unspecified atom stereocenters. The molecule has 1 nitrogen and oxygen atoms in total. The van der Waals surface area contributed by atoms with Crippen LogP contribution in [0.1, 0.15) is 5.56 Å². The molecule has 0 amide bonds. The molecule has 2 aromatic rings. The van der Waals surface area contributed by atoms with Crippen LogP contribution in [0.3, 0.4) is 0 Å². The van der Waals surface area contributed by atoms with Crippen LogP contribution in [0.4, 0.5) is 13.2 Å². The van der Waals surface area contributed by atoms with Gasteiger partial charge in [-0.15, -0.1) is 11.8 Å². The Morgan fingerprint density at radius 2 is 1.65 bits per heavy atom. The molecule has 0 fully saturated rings. The summed E-state index contributed by atoms with van der Waals surface area (Å²) >= 11 is 1.04. The quantitative estimate of drug-likeness (QED) is 0.776. The molecule has 0 aliphatic heterocycles. The molecule has 0 bridgehead atoms. The van der Waals surface area contributed by atoms with Crippen LogP contribution in [-0.2, 0) is 11.2 Å². The van der Waals surface area contributed by atoms with Crippen molar-refractivity contribution in [2.75, 3.05) is 5.75 Å². The van der Waals surface area contributed by atoms with Gasteiger partial charge in [-0.2, -0.15) is 0 Å². The summed E-state index contributed by atoms with van der Waals surface area (Å²) in [4.78, 5) is 12.1. The second-order valence-corrected chi connectivity index (χ2v) is 5.16. The molecule has 0 aliphatic carbocycles. The fraction of sp³-hybridized carbons (Fsp3) is 0.133. The molecule has 5 heteroatoms. The SMILES string of the molecule is O=C(CSc1ccccc1F)Cc1cccc(F)c1F. The Morgan fingerprint density at radius 1 is 0.950 bits per heavy atom. The molecule has 0 aliphatic rings. The van der Waals surface area contributed by atoms with E-state index in [4.69, 9.17) is 0 Å². The Balaban J connectivity index is 1.96. The number of halogens is 3. The van der Waals surface area contributed by atoms with Gasteiger partial charge in [-0.25, -0.2) is 13.2 Å². The van der Waals surface area contributed by atoms with Gasteiger partial charge in [0.15, 0.2) is 11.6 Å². The fourth-order valence-corrected chi connectivity index (χ4v) is 2.47. The predicted molar refractivity (Wildman–Crippen MR) is 72.2 cm³/mol. The molecule has 0 N–H and O–H groups in total. The fourth-order valence-electron chi connectivity index (χ4n) is 1.67. The van der Waals surface area contributed by atoms with Gasteiger partial charge >= 0.3 is 0 Å². The Morgan fingerprint density at radius 3 is 2.40 bits per heavy atom. The van der Waals surface area contributed by atoms with Crippen molar-refractivity contribution in [3.8, 4) is 0 Å². The Labute approximate surface area is 118 Å². The average Bonchev–Trinajstić information content (AvgIpc) is 2.43. The molecule has 2 rings (SSSR count). The standard InChI is InChI=1S/C15H11F3OS/c16-12-5-1-2-7-14(12)20-9-11(19)8-10-4-3-6-13(17)15(10)18/h1-7H,8-9H2. The highest BCUT2D eigenvalue weighted by Crippen LogP contribution is 2.22. The third-order valence-corrected chi connectivity index (χ3v) is 3.75. The van der Waals surface area contributed by atoms with Gasteiger partial charge in [-0.05, 0) is 23.8 Å². The van der Waals surface area contributed by atoms with Crippen LogP contribution in [-0.4, -0.2) is 11.5 Å². The molecule has 0 saturated carbocycles. The summed E-state index contributed by atoms with van der Waals surface area (Å²) in [6.45, 7) is 0. The maximum atomic E-state index is 13.4. The Hall–Kier alpha value is -1.75. The number of carbonyl (C=O) groups excluding carboxylic acids is 1. The minimum absolute atomic E-state index is 0.0108. The van der Waals surface area contributed by atoms with Crippen LogP contribution in [0.5, 0.6) is 0 Å². The number of carbonyl (C=O) groups is 1. The van der Waals surface area contributed by atoms with Gasteiger partial charge in [0.05, 0.1) is 5.75 Å². The van der Waals surface area contributed by atoms with E-state index < -0.39 is 17.5 Å². The van der Waals surface area contributed by atoms with Crippen LogP contribution in [0.2, 0.25) is 0 Å². The number of hydrogen-bond acceptors (Lipinski definition) is 2. The van der Waals surface area contributed by atoms with E-state index in [0.717, 1.165) is 17.8 Å². The van der Waals surface area contributed by atoms with Crippen LogP contribution < -0.4 is 0 Å². The maximum absolute atomic E-state index is 13.4. The van der Waals surface area contributed by atoms with Crippen molar-refractivity contribution < 1.29 is 18.0 Å². The van der Waals surface area contributed by atoms with Crippen LogP contribution in [0, 0.1) is 17.5 Å². The van der Waals surface area contributed by atoms with Crippen molar-refractivity contribution in [3.05, 3.63) is 65.5 Å². The minimum atomic E-state index is -1.00. The zero-order valence-electron chi connectivity index (χ0n) is 10.4. The van der Waals surface area contributed by atoms with Crippen molar-refractivity contribution in [2.24, 2.45) is 0 Å². The lowest BCUT2D eigenvalue weighted by Crippen LogP contribution is -2.08. The first-order chi connectivity index (χ1) is 9.58. The monoisotopic (exact) mass is 296 g/mol. The topological polar surface area (TPSA) is 17.1 Å². The summed E-state index contributed by atoms with van der Waals surface area (Å²) in [6.07, 6.45) is -0.203. The minimum Gasteiger partial charge on any atom is -0.298 e. The molecule has 0 spiro atoms. The van der Waals surface area contributed by atoms with E-state index in [1.54, 1.807) is 18.2 Å². The summed E-state index contributed by atoms with van der Waals surface area (Å²) in [7, 11) is 0. The highest BCUT2D eigenvalue weighted by Gasteiger charge is 2.12. The van der Waals surface area contributed by atoms with Gasteiger partial charge in [-0.3, -0.25) is 4.79 Å². The second kappa shape index (κ2) is 6.61. The number of ketones is 1. The lowest BCUT2D eigenvalue weighted by molar-refractivity contribution is -0.116. The molecular weight excluding hydrogens is 285 g/mol. The molecule has 20 heavy (non-hydrogen) atoms. The lowest BCUT2D eigenvalue weighted by Gasteiger charge is -2.04. The average molecular weight is 296 g/mol. The van der Waals surface area contributed by atoms with E-state index in [-0.39, 0.29) is 23.5 Å². The molecule has 2 aromatic carbocycles. The number of rotatable bonds is 5. The van der Waals surface area contributed by atoms with Crippen LogP contribution >= 0.6 is 11.8 Å². The van der Waals surface area contributed by atoms with Gasteiger partial charge in [0.25, 0.3) is 0 Å². The molecule has 0 atom stereocenters. The number of thioether (sulfide) groups is 1. The molecule has 104 valence electrons. The number of benzene rings is 2. The first kappa shape index (κ1) is 14.7. The zero-order valence-corrected chi connectivity index (χ0v) is 11.2. The predicted octanol–water partition coefficient (Wildman–Crippen LogP) is 4.01. The van der Waals surface area contributed by atoms with Gasteiger partial charge in [0.1, 0.15) is 11.6 Å². The summed E-state index contributed by atoms with van der Waals surface area (Å²) in [5, 5.41) is 0. The van der Waals surface area contributed by atoms with E-state index in [1.807, 2.05) is 0 Å². The molecule has 0 saturated heterocycles. The van der Waals surface area contributed by atoms with E-state index in [1.165, 1.54) is 18.2 Å². The highest BCUT2D eigenvalue weighted by atomic mass is 32.2.